The Kier molecular flexibility index (Phi) is 2.34. The van der Waals surface area contributed by atoms with Gasteiger partial charge in [0.05, 0.1) is 0 Å². The van der Waals surface area contributed by atoms with Gasteiger partial charge < -0.3 is 10.5 Å². The van der Waals surface area contributed by atoms with Crippen LogP contribution in [0, 0.1) is 16.7 Å². The number of carbonyl (C=O) groups excluding carboxylic acids is 1. The lowest BCUT2D eigenvalue weighted by atomic mass is 9.70. The molecule has 3 heteroatoms. The minimum atomic E-state index is -0.449. The van der Waals surface area contributed by atoms with E-state index in [-0.39, 0.29) is 22.6 Å². The molecule has 0 saturated heterocycles. The summed E-state index contributed by atoms with van der Waals surface area (Å²) in [7, 11) is 0. The molecule has 2 fully saturated rings. The van der Waals surface area contributed by atoms with Crippen LogP contribution in [-0.4, -0.2) is 12.1 Å². The molecule has 3 unspecified atom stereocenters. The molecule has 0 aromatic rings. The van der Waals surface area contributed by atoms with E-state index in [0.29, 0.717) is 5.92 Å². The molecule has 2 aliphatic rings. The Balaban J connectivity index is 2.16. The van der Waals surface area contributed by atoms with Gasteiger partial charge in [0.25, 0.3) is 0 Å². The van der Waals surface area contributed by atoms with Gasteiger partial charge in [-0.3, -0.25) is 0 Å². The van der Waals surface area contributed by atoms with Gasteiger partial charge in [0.15, 0.2) is 0 Å². The summed E-state index contributed by atoms with van der Waals surface area (Å²) in [5, 5.41) is 0. The molecule has 90 valence electrons. The van der Waals surface area contributed by atoms with Crippen molar-refractivity contribution in [2.45, 2.75) is 46.1 Å². The fourth-order valence-corrected chi connectivity index (χ4v) is 3.51. The van der Waals surface area contributed by atoms with Gasteiger partial charge in [-0.25, -0.2) is 4.79 Å². The topological polar surface area (TPSA) is 52.3 Å². The van der Waals surface area contributed by atoms with Crippen LogP contribution in [0.4, 0.5) is 0 Å². The van der Waals surface area contributed by atoms with E-state index in [2.05, 4.69) is 27.4 Å². The van der Waals surface area contributed by atoms with Crippen molar-refractivity contribution in [1.29, 1.82) is 0 Å². The third kappa shape index (κ3) is 1.30. The number of carbonyl (C=O) groups is 1. The van der Waals surface area contributed by atoms with E-state index < -0.39 is 5.97 Å². The molecule has 3 atom stereocenters. The van der Waals surface area contributed by atoms with E-state index in [1.807, 2.05) is 0 Å². The molecule has 0 amide bonds. The second kappa shape index (κ2) is 3.25. The molecule has 2 saturated carbocycles. The molecule has 0 spiro atoms. The molecule has 3 nitrogen and oxygen atoms in total. The second-order valence-corrected chi connectivity index (χ2v) is 6.03. The van der Waals surface area contributed by atoms with Crippen molar-refractivity contribution in [1.82, 2.24) is 0 Å². The van der Waals surface area contributed by atoms with Gasteiger partial charge in [-0.05, 0) is 30.6 Å². The first-order chi connectivity index (χ1) is 7.29. The first-order valence-corrected chi connectivity index (χ1v) is 5.94. The lowest BCUT2D eigenvalue weighted by Gasteiger charge is -2.38. The van der Waals surface area contributed by atoms with Gasteiger partial charge in [0.2, 0.25) is 0 Å². The van der Waals surface area contributed by atoms with Crippen LogP contribution in [0.2, 0.25) is 0 Å². The highest BCUT2D eigenvalue weighted by molar-refractivity contribution is 5.86. The average Bonchev–Trinajstić information content (AvgIpc) is 2.50. The lowest BCUT2D eigenvalue weighted by Crippen LogP contribution is -2.38. The summed E-state index contributed by atoms with van der Waals surface area (Å²) >= 11 is 0. The van der Waals surface area contributed by atoms with Crippen LogP contribution in [0.3, 0.4) is 0 Å². The van der Waals surface area contributed by atoms with Crippen LogP contribution in [0.1, 0.15) is 40.0 Å². The van der Waals surface area contributed by atoms with E-state index in [1.165, 1.54) is 6.42 Å². The zero-order chi connectivity index (χ0) is 12.1. The number of nitrogens with two attached hydrogens (primary N) is 1. The number of fused-ring (bicyclic) bond motifs is 2. The Morgan fingerprint density at radius 3 is 2.44 bits per heavy atom. The molecule has 0 heterocycles. The summed E-state index contributed by atoms with van der Waals surface area (Å²) in [6.45, 7) is 10.2. The molecule has 0 radical (unpaired) electrons. The largest absolute Gasteiger partial charge is 0.457 e. The average molecular weight is 223 g/mol. The SMILES string of the molecule is C=C(N)C(=O)OC1CC2CCC1(C)C2(C)C. The van der Waals surface area contributed by atoms with Crippen molar-refractivity contribution in [3.05, 3.63) is 12.3 Å². The minimum absolute atomic E-state index is 0.00387. The van der Waals surface area contributed by atoms with E-state index in [1.54, 1.807) is 0 Å². The Morgan fingerprint density at radius 1 is 1.44 bits per heavy atom. The predicted octanol–water partition coefficient (Wildman–Crippen LogP) is 2.22. The monoisotopic (exact) mass is 223 g/mol. The van der Waals surface area contributed by atoms with Gasteiger partial charge in [-0.1, -0.05) is 27.4 Å². The highest BCUT2D eigenvalue weighted by atomic mass is 16.5. The van der Waals surface area contributed by atoms with Crippen molar-refractivity contribution >= 4 is 5.97 Å². The molecule has 0 aromatic heterocycles. The van der Waals surface area contributed by atoms with Crippen molar-refractivity contribution < 1.29 is 9.53 Å². The predicted molar refractivity (Wildman–Crippen MR) is 62.4 cm³/mol. The van der Waals surface area contributed by atoms with Crippen LogP contribution in [0.5, 0.6) is 0 Å². The van der Waals surface area contributed by atoms with E-state index in [0.717, 1.165) is 12.8 Å². The summed E-state index contributed by atoms with van der Waals surface area (Å²) in [6, 6.07) is 0. The number of hydrogen-bond donors (Lipinski definition) is 1. The smallest absolute Gasteiger partial charge is 0.353 e. The fourth-order valence-electron chi connectivity index (χ4n) is 3.51. The molecule has 0 aromatic carbocycles. The zero-order valence-electron chi connectivity index (χ0n) is 10.4. The molecule has 2 bridgehead atoms. The maximum Gasteiger partial charge on any atom is 0.353 e. The summed E-state index contributed by atoms with van der Waals surface area (Å²) < 4.78 is 5.48. The quantitative estimate of drug-likeness (QED) is 0.577. The maximum atomic E-state index is 11.5. The summed E-state index contributed by atoms with van der Waals surface area (Å²) in [6.07, 6.45) is 3.37. The Hall–Kier alpha value is -0.990. The fraction of sp³-hybridized carbons (Fsp3) is 0.769. The molecule has 16 heavy (non-hydrogen) atoms. The van der Waals surface area contributed by atoms with Crippen molar-refractivity contribution in [3.63, 3.8) is 0 Å². The Morgan fingerprint density at radius 2 is 2.06 bits per heavy atom. The Labute approximate surface area is 97.0 Å². The normalized spacial score (nSPS) is 39.7. The van der Waals surface area contributed by atoms with Gasteiger partial charge in [-0.15, -0.1) is 0 Å². The summed E-state index contributed by atoms with van der Waals surface area (Å²) in [5.74, 6) is 0.218. The molecule has 2 aliphatic carbocycles. The van der Waals surface area contributed by atoms with Crippen LogP contribution in [-0.2, 0) is 9.53 Å². The molecule has 2 N–H and O–H groups in total. The molecule has 0 aliphatic heterocycles. The Bertz CT molecular complexity index is 348. The van der Waals surface area contributed by atoms with Crippen molar-refractivity contribution in [2.75, 3.05) is 0 Å². The third-order valence-electron chi connectivity index (χ3n) is 5.23. The van der Waals surface area contributed by atoms with E-state index in [9.17, 15) is 4.79 Å². The van der Waals surface area contributed by atoms with Crippen molar-refractivity contribution in [2.24, 2.45) is 22.5 Å². The summed E-state index contributed by atoms with van der Waals surface area (Å²) in [4.78, 5) is 11.5. The van der Waals surface area contributed by atoms with Crippen LogP contribution >= 0.6 is 0 Å². The number of rotatable bonds is 2. The first-order valence-electron chi connectivity index (χ1n) is 5.94. The van der Waals surface area contributed by atoms with Crippen LogP contribution in [0.15, 0.2) is 12.3 Å². The standard InChI is InChI=1S/C13H21NO2/c1-8(14)11(15)16-10-7-9-5-6-13(10,4)12(9,2)3/h9-10H,1,5-7,14H2,2-4H3. The number of hydrogen-bond acceptors (Lipinski definition) is 3. The highest BCUT2D eigenvalue weighted by Gasteiger charge is 2.62. The van der Waals surface area contributed by atoms with Gasteiger partial charge in [0.1, 0.15) is 11.8 Å². The van der Waals surface area contributed by atoms with Gasteiger partial charge in [0, 0.05) is 5.41 Å². The molecular weight excluding hydrogens is 202 g/mol. The van der Waals surface area contributed by atoms with Crippen LogP contribution < -0.4 is 5.73 Å². The molecular formula is C13H21NO2. The number of esters is 1. The van der Waals surface area contributed by atoms with E-state index in [4.69, 9.17) is 10.5 Å². The third-order valence-corrected chi connectivity index (χ3v) is 5.23. The molecule has 2 rings (SSSR count). The van der Waals surface area contributed by atoms with Gasteiger partial charge >= 0.3 is 5.97 Å². The van der Waals surface area contributed by atoms with Crippen molar-refractivity contribution in [3.8, 4) is 0 Å². The highest BCUT2D eigenvalue weighted by Crippen LogP contribution is 2.66. The van der Waals surface area contributed by atoms with E-state index >= 15 is 0 Å². The first kappa shape index (κ1) is 11.5. The van der Waals surface area contributed by atoms with Gasteiger partial charge in [-0.2, -0.15) is 0 Å². The summed E-state index contributed by atoms with van der Waals surface area (Å²) in [5.41, 5.74) is 5.72. The van der Waals surface area contributed by atoms with Crippen LogP contribution in [0.25, 0.3) is 0 Å². The lowest BCUT2D eigenvalue weighted by molar-refractivity contribution is -0.152. The zero-order valence-corrected chi connectivity index (χ0v) is 10.4. The second-order valence-electron chi connectivity index (χ2n) is 6.03. The minimum Gasteiger partial charge on any atom is -0.457 e. The maximum absolute atomic E-state index is 11.5. The number of ether oxygens (including phenoxy) is 1.